The maximum Gasteiger partial charge on any atom is 0.0873 e. The highest BCUT2D eigenvalue weighted by molar-refractivity contribution is 5.08. The average Bonchev–Trinajstić information content (AvgIpc) is 2.67. The van der Waals surface area contributed by atoms with Gasteiger partial charge in [0.25, 0.3) is 0 Å². The van der Waals surface area contributed by atoms with Crippen LogP contribution in [0, 0.1) is 17.8 Å². The lowest BCUT2D eigenvalue weighted by atomic mass is 9.85. The van der Waals surface area contributed by atoms with Crippen LogP contribution in [-0.4, -0.2) is 49.0 Å². The SMILES string of the molecule is CN(C)CC1O[C@H]2[C@H](O)[C@@H]3C[C@H]2[C@H]1C3. The second kappa shape index (κ2) is 2.94. The second-order valence-electron chi connectivity index (χ2n) is 5.45. The molecule has 0 aromatic heterocycles. The molecule has 0 radical (unpaired) electrons. The largest absolute Gasteiger partial charge is 0.390 e. The van der Waals surface area contributed by atoms with E-state index in [1.807, 2.05) is 0 Å². The fourth-order valence-corrected chi connectivity index (χ4v) is 3.77. The van der Waals surface area contributed by atoms with Crippen molar-refractivity contribution >= 4 is 0 Å². The van der Waals surface area contributed by atoms with E-state index >= 15 is 0 Å². The van der Waals surface area contributed by atoms with Gasteiger partial charge in [-0.3, -0.25) is 0 Å². The van der Waals surface area contributed by atoms with Gasteiger partial charge in [-0.15, -0.1) is 0 Å². The molecular weight excluding hydrogens is 178 g/mol. The summed E-state index contributed by atoms with van der Waals surface area (Å²) in [5.74, 6) is 1.94. The number of nitrogens with zero attached hydrogens (tertiary/aromatic N) is 1. The van der Waals surface area contributed by atoms with Crippen LogP contribution >= 0.6 is 0 Å². The lowest BCUT2D eigenvalue weighted by Crippen LogP contribution is -2.31. The Morgan fingerprint density at radius 2 is 2.00 bits per heavy atom. The summed E-state index contributed by atoms with van der Waals surface area (Å²) in [5, 5.41) is 9.92. The van der Waals surface area contributed by atoms with E-state index in [2.05, 4.69) is 19.0 Å². The number of aliphatic hydroxyl groups excluding tert-OH is 1. The fraction of sp³-hybridized carbons (Fsp3) is 1.00. The van der Waals surface area contributed by atoms with Crippen LogP contribution in [0.5, 0.6) is 0 Å². The maximum absolute atomic E-state index is 9.92. The van der Waals surface area contributed by atoms with Crippen LogP contribution in [-0.2, 0) is 4.74 Å². The monoisotopic (exact) mass is 197 g/mol. The maximum atomic E-state index is 9.92. The Balaban J connectivity index is 1.76. The van der Waals surface area contributed by atoms with Crippen LogP contribution in [0.15, 0.2) is 0 Å². The molecule has 3 fully saturated rings. The molecule has 3 nitrogen and oxygen atoms in total. The van der Waals surface area contributed by atoms with Gasteiger partial charge < -0.3 is 14.7 Å². The smallest absolute Gasteiger partial charge is 0.0873 e. The minimum atomic E-state index is -0.164. The molecule has 0 amide bonds. The number of rotatable bonds is 2. The van der Waals surface area contributed by atoms with Gasteiger partial charge in [-0.05, 0) is 44.7 Å². The van der Waals surface area contributed by atoms with E-state index in [4.69, 9.17) is 4.74 Å². The van der Waals surface area contributed by atoms with Crippen LogP contribution in [0.2, 0.25) is 0 Å². The standard InChI is InChI=1S/C11H19NO2/c1-12(2)5-9-7-3-6-4-8(7)11(14-9)10(6)13/h6-11,13H,3-5H2,1-2H3/t6-,7+,8-,9?,10+,11+/m0/s1. The quantitative estimate of drug-likeness (QED) is 0.692. The van der Waals surface area contributed by atoms with E-state index in [9.17, 15) is 5.11 Å². The number of aliphatic hydroxyl groups is 1. The minimum Gasteiger partial charge on any atom is -0.390 e. The molecule has 1 N–H and O–H groups in total. The Morgan fingerprint density at radius 3 is 2.57 bits per heavy atom. The van der Waals surface area contributed by atoms with Gasteiger partial charge in [0.1, 0.15) is 0 Å². The zero-order valence-corrected chi connectivity index (χ0v) is 8.89. The molecule has 0 aromatic carbocycles. The molecule has 1 heterocycles. The molecule has 1 saturated heterocycles. The molecule has 3 heteroatoms. The van der Waals surface area contributed by atoms with Crippen LogP contribution in [0.25, 0.3) is 0 Å². The van der Waals surface area contributed by atoms with Crippen LogP contribution < -0.4 is 0 Å². The molecule has 1 aliphatic heterocycles. The van der Waals surface area contributed by atoms with Crippen molar-refractivity contribution in [2.24, 2.45) is 17.8 Å². The van der Waals surface area contributed by atoms with Gasteiger partial charge in [0.2, 0.25) is 0 Å². The average molecular weight is 197 g/mol. The Hall–Kier alpha value is -0.120. The number of fused-ring (bicyclic) bond motifs is 1. The third-order valence-corrected chi connectivity index (χ3v) is 4.30. The number of likely N-dealkylation sites (N-methyl/N-ethyl adjacent to an activating group) is 1. The molecule has 3 rings (SSSR count). The van der Waals surface area contributed by atoms with E-state index in [0.717, 1.165) is 12.5 Å². The molecule has 2 aliphatic carbocycles. The summed E-state index contributed by atoms with van der Waals surface area (Å²) in [6.07, 6.45) is 2.79. The van der Waals surface area contributed by atoms with Crippen molar-refractivity contribution in [3.05, 3.63) is 0 Å². The Labute approximate surface area is 85.0 Å². The summed E-state index contributed by atoms with van der Waals surface area (Å²) in [5.41, 5.74) is 0. The summed E-state index contributed by atoms with van der Waals surface area (Å²) in [7, 11) is 4.18. The summed E-state index contributed by atoms with van der Waals surface area (Å²) < 4.78 is 5.97. The zero-order valence-electron chi connectivity index (χ0n) is 8.89. The normalized spacial score (nSPS) is 54.9. The molecular formula is C11H19NO2. The van der Waals surface area contributed by atoms with E-state index in [-0.39, 0.29) is 12.2 Å². The van der Waals surface area contributed by atoms with E-state index in [0.29, 0.717) is 17.9 Å². The third-order valence-electron chi connectivity index (χ3n) is 4.30. The molecule has 3 aliphatic rings. The zero-order chi connectivity index (χ0) is 9.87. The highest BCUT2D eigenvalue weighted by atomic mass is 16.5. The van der Waals surface area contributed by atoms with Crippen molar-refractivity contribution in [2.45, 2.75) is 31.2 Å². The van der Waals surface area contributed by atoms with E-state index < -0.39 is 0 Å². The van der Waals surface area contributed by atoms with Gasteiger partial charge in [-0.2, -0.15) is 0 Å². The van der Waals surface area contributed by atoms with Crippen molar-refractivity contribution in [3.8, 4) is 0 Å². The van der Waals surface area contributed by atoms with Crippen molar-refractivity contribution in [3.63, 3.8) is 0 Å². The molecule has 6 atom stereocenters. The summed E-state index contributed by atoms with van der Waals surface area (Å²) in [6.45, 7) is 1.01. The molecule has 1 unspecified atom stereocenters. The lowest BCUT2D eigenvalue weighted by molar-refractivity contribution is -0.0380. The predicted octanol–water partition coefficient (Wildman–Crippen LogP) is 0.332. The van der Waals surface area contributed by atoms with Gasteiger partial charge >= 0.3 is 0 Å². The first-order valence-electron chi connectivity index (χ1n) is 5.65. The third kappa shape index (κ3) is 1.09. The first kappa shape index (κ1) is 9.13. The summed E-state index contributed by atoms with van der Waals surface area (Å²) in [4.78, 5) is 2.19. The van der Waals surface area contributed by atoms with Crippen molar-refractivity contribution in [1.82, 2.24) is 4.90 Å². The Kier molecular flexibility index (Phi) is 1.92. The lowest BCUT2D eigenvalue weighted by Gasteiger charge is -2.22. The second-order valence-corrected chi connectivity index (χ2v) is 5.45. The molecule has 80 valence electrons. The minimum absolute atomic E-state index is 0.164. The van der Waals surface area contributed by atoms with Crippen molar-refractivity contribution < 1.29 is 9.84 Å². The molecule has 14 heavy (non-hydrogen) atoms. The van der Waals surface area contributed by atoms with Crippen molar-refractivity contribution in [2.75, 3.05) is 20.6 Å². The summed E-state index contributed by atoms with van der Waals surface area (Å²) >= 11 is 0. The molecule has 2 saturated carbocycles. The number of hydrogen-bond donors (Lipinski definition) is 1. The van der Waals surface area contributed by atoms with Gasteiger partial charge in [-0.1, -0.05) is 0 Å². The number of hydrogen-bond acceptors (Lipinski definition) is 3. The van der Waals surface area contributed by atoms with Gasteiger partial charge in [0.05, 0.1) is 18.3 Å². The Morgan fingerprint density at radius 1 is 1.29 bits per heavy atom. The van der Waals surface area contributed by atoms with Gasteiger partial charge in [0.15, 0.2) is 0 Å². The van der Waals surface area contributed by atoms with Gasteiger partial charge in [-0.25, -0.2) is 0 Å². The molecule has 0 spiro atoms. The molecule has 2 bridgehead atoms. The van der Waals surface area contributed by atoms with Crippen LogP contribution in [0.1, 0.15) is 12.8 Å². The Bertz CT molecular complexity index is 243. The van der Waals surface area contributed by atoms with E-state index in [1.54, 1.807) is 0 Å². The topological polar surface area (TPSA) is 32.7 Å². The highest BCUT2D eigenvalue weighted by Crippen LogP contribution is 2.56. The van der Waals surface area contributed by atoms with Crippen LogP contribution in [0.3, 0.4) is 0 Å². The first-order chi connectivity index (χ1) is 6.66. The fourth-order valence-electron chi connectivity index (χ4n) is 3.77. The summed E-state index contributed by atoms with van der Waals surface area (Å²) in [6, 6.07) is 0. The highest BCUT2D eigenvalue weighted by Gasteiger charge is 2.60. The predicted molar refractivity (Wildman–Crippen MR) is 52.9 cm³/mol. The van der Waals surface area contributed by atoms with Crippen LogP contribution in [0.4, 0.5) is 0 Å². The van der Waals surface area contributed by atoms with Gasteiger partial charge in [0, 0.05) is 6.54 Å². The number of ether oxygens (including phenoxy) is 1. The molecule has 0 aromatic rings. The first-order valence-corrected chi connectivity index (χ1v) is 5.65. The van der Waals surface area contributed by atoms with E-state index in [1.165, 1.54) is 12.8 Å². The van der Waals surface area contributed by atoms with Crippen molar-refractivity contribution in [1.29, 1.82) is 0 Å².